The van der Waals surface area contributed by atoms with E-state index in [0.29, 0.717) is 0 Å². The highest BCUT2D eigenvalue weighted by molar-refractivity contribution is 5.63. The lowest BCUT2D eigenvalue weighted by Crippen LogP contribution is -1.84. The second-order valence-electron chi connectivity index (χ2n) is 4.17. The minimum absolute atomic E-state index is 1.20. The lowest BCUT2D eigenvalue weighted by Gasteiger charge is -2.03. The Hall–Kier alpha value is -1.56. The fraction of sp³-hybridized carbons (Fsp3) is 0.333. The predicted molar refractivity (Wildman–Crippen MR) is 81.8 cm³/mol. The SMILES string of the molecule is CC.CCCCc1ccc(-c2ccccc2)cc1. The van der Waals surface area contributed by atoms with Crippen molar-refractivity contribution >= 4 is 0 Å². The van der Waals surface area contributed by atoms with Gasteiger partial charge < -0.3 is 0 Å². The second kappa shape index (κ2) is 8.52. The van der Waals surface area contributed by atoms with Gasteiger partial charge in [-0.1, -0.05) is 81.8 Å². The summed E-state index contributed by atoms with van der Waals surface area (Å²) in [6.45, 7) is 6.23. The molecule has 96 valence electrons. The standard InChI is InChI=1S/C16H18.C2H6/c1-2-3-7-14-10-12-16(13-11-14)15-8-5-4-6-9-15;1-2/h4-6,8-13H,2-3,7H2,1H3;1-2H3. The fourth-order valence-electron chi connectivity index (χ4n) is 1.88. The van der Waals surface area contributed by atoms with E-state index in [9.17, 15) is 0 Å². The van der Waals surface area contributed by atoms with Crippen LogP contribution in [0.5, 0.6) is 0 Å². The van der Waals surface area contributed by atoms with Crippen LogP contribution in [-0.2, 0) is 6.42 Å². The summed E-state index contributed by atoms with van der Waals surface area (Å²) in [5.41, 5.74) is 4.05. The van der Waals surface area contributed by atoms with Crippen LogP contribution in [0.3, 0.4) is 0 Å². The summed E-state index contributed by atoms with van der Waals surface area (Å²) in [6, 6.07) is 19.5. The molecule has 2 aromatic rings. The summed E-state index contributed by atoms with van der Waals surface area (Å²) in [6.07, 6.45) is 3.75. The Morgan fingerprint density at radius 2 is 1.28 bits per heavy atom. The summed E-state index contributed by atoms with van der Waals surface area (Å²) in [5.74, 6) is 0. The highest BCUT2D eigenvalue weighted by atomic mass is 14.0. The molecule has 0 fully saturated rings. The molecule has 0 nitrogen and oxygen atoms in total. The third-order valence-corrected chi connectivity index (χ3v) is 2.88. The molecule has 0 atom stereocenters. The molecule has 0 saturated heterocycles. The van der Waals surface area contributed by atoms with Crippen LogP contribution in [-0.4, -0.2) is 0 Å². The van der Waals surface area contributed by atoms with Gasteiger partial charge >= 0.3 is 0 Å². The first kappa shape index (κ1) is 14.5. The maximum absolute atomic E-state index is 2.25. The smallest absolute Gasteiger partial charge is 0.0184 e. The summed E-state index contributed by atoms with van der Waals surface area (Å²) in [7, 11) is 0. The number of rotatable bonds is 4. The Balaban J connectivity index is 0.000000771. The van der Waals surface area contributed by atoms with Gasteiger partial charge in [-0.05, 0) is 29.5 Å². The fourth-order valence-corrected chi connectivity index (χ4v) is 1.88. The molecule has 0 aliphatic rings. The van der Waals surface area contributed by atoms with Gasteiger partial charge in [-0.2, -0.15) is 0 Å². The molecule has 0 radical (unpaired) electrons. The van der Waals surface area contributed by atoms with E-state index < -0.39 is 0 Å². The van der Waals surface area contributed by atoms with Crippen LogP contribution in [0, 0.1) is 0 Å². The summed E-state index contributed by atoms with van der Waals surface area (Å²) >= 11 is 0. The maximum atomic E-state index is 2.25. The van der Waals surface area contributed by atoms with Crippen LogP contribution in [0.1, 0.15) is 39.2 Å². The highest BCUT2D eigenvalue weighted by Crippen LogP contribution is 2.19. The van der Waals surface area contributed by atoms with Crippen LogP contribution >= 0.6 is 0 Å². The Morgan fingerprint density at radius 3 is 1.83 bits per heavy atom. The first-order valence-corrected chi connectivity index (χ1v) is 7.04. The van der Waals surface area contributed by atoms with Crippen molar-refractivity contribution in [1.82, 2.24) is 0 Å². The highest BCUT2D eigenvalue weighted by Gasteiger charge is 1.96. The van der Waals surface area contributed by atoms with Crippen molar-refractivity contribution < 1.29 is 0 Å². The Morgan fingerprint density at radius 1 is 0.722 bits per heavy atom. The van der Waals surface area contributed by atoms with Crippen molar-refractivity contribution in [2.75, 3.05) is 0 Å². The zero-order valence-electron chi connectivity index (χ0n) is 11.8. The largest absolute Gasteiger partial charge is 0.0683 e. The van der Waals surface area contributed by atoms with E-state index >= 15 is 0 Å². The number of unbranched alkanes of at least 4 members (excludes halogenated alkanes) is 1. The molecule has 2 rings (SSSR count). The first-order valence-electron chi connectivity index (χ1n) is 7.04. The number of hydrogen-bond acceptors (Lipinski definition) is 0. The molecular weight excluding hydrogens is 216 g/mol. The molecule has 0 aliphatic carbocycles. The van der Waals surface area contributed by atoms with Gasteiger partial charge in [-0.3, -0.25) is 0 Å². The molecule has 0 heteroatoms. The van der Waals surface area contributed by atoms with Gasteiger partial charge in [0.05, 0.1) is 0 Å². The van der Waals surface area contributed by atoms with E-state index in [2.05, 4.69) is 61.5 Å². The predicted octanol–water partition coefficient (Wildman–Crippen LogP) is 5.72. The van der Waals surface area contributed by atoms with E-state index in [-0.39, 0.29) is 0 Å². The van der Waals surface area contributed by atoms with Crippen molar-refractivity contribution in [2.45, 2.75) is 40.0 Å². The first-order chi connectivity index (χ1) is 8.90. The van der Waals surface area contributed by atoms with Gasteiger partial charge in [0.2, 0.25) is 0 Å². The number of benzene rings is 2. The van der Waals surface area contributed by atoms with E-state index in [4.69, 9.17) is 0 Å². The Kier molecular flexibility index (Phi) is 6.86. The zero-order chi connectivity index (χ0) is 13.2. The van der Waals surface area contributed by atoms with E-state index in [1.165, 1.54) is 36.0 Å². The minimum atomic E-state index is 1.20. The Bertz CT molecular complexity index is 412. The lowest BCUT2D eigenvalue weighted by molar-refractivity contribution is 0.795. The minimum Gasteiger partial charge on any atom is -0.0683 e. The maximum Gasteiger partial charge on any atom is -0.0184 e. The normalized spacial score (nSPS) is 9.50. The number of aryl methyl sites for hydroxylation is 1. The van der Waals surface area contributed by atoms with Crippen molar-refractivity contribution in [3.8, 4) is 11.1 Å². The molecule has 0 aromatic heterocycles. The van der Waals surface area contributed by atoms with Gasteiger partial charge in [0.15, 0.2) is 0 Å². The summed E-state index contributed by atoms with van der Waals surface area (Å²) in [4.78, 5) is 0. The van der Waals surface area contributed by atoms with Crippen molar-refractivity contribution in [1.29, 1.82) is 0 Å². The van der Waals surface area contributed by atoms with E-state index in [1.807, 2.05) is 13.8 Å². The summed E-state index contributed by atoms with van der Waals surface area (Å²) in [5, 5.41) is 0. The average molecular weight is 240 g/mol. The van der Waals surface area contributed by atoms with Crippen molar-refractivity contribution in [3.63, 3.8) is 0 Å². The van der Waals surface area contributed by atoms with Crippen LogP contribution in [0.25, 0.3) is 11.1 Å². The molecule has 0 N–H and O–H groups in total. The third-order valence-electron chi connectivity index (χ3n) is 2.88. The average Bonchev–Trinajstić information content (AvgIpc) is 2.49. The molecule has 0 spiro atoms. The zero-order valence-corrected chi connectivity index (χ0v) is 11.8. The molecule has 0 aliphatic heterocycles. The molecule has 0 heterocycles. The monoisotopic (exact) mass is 240 g/mol. The van der Waals surface area contributed by atoms with E-state index in [1.54, 1.807) is 0 Å². The topological polar surface area (TPSA) is 0 Å². The molecular formula is C18H24. The van der Waals surface area contributed by atoms with Gasteiger partial charge in [0.25, 0.3) is 0 Å². The van der Waals surface area contributed by atoms with Crippen molar-refractivity contribution in [2.24, 2.45) is 0 Å². The molecule has 18 heavy (non-hydrogen) atoms. The van der Waals surface area contributed by atoms with Crippen molar-refractivity contribution in [3.05, 3.63) is 60.2 Å². The molecule has 2 aromatic carbocycles. The Labute approximate surface area is 112 Å². The van der Waals surface area contributed by atoms with Crippen LogP contribution < -0.4 is 0 Å². The molecule has 0 unspecified atom stereocenters. The number of hydrogen-bond donors (Lipinski definition) is 0. The third kappa shape index (κ3) is 4.37. The molecule has 0 amide bonds. The second-order valence-corrected chi connectivity index (χ2v) is 4.17. The molecule has 0 bridgehead atoms. The molecule has 0 saturated carbocycles. The van der Waals surface area contributed by atoms with Gasteiger partial charge in [-0.15, -0.1) is 0 Å². The van der Waals surface area contributed by atoms with Crippen LogP contribution in [0.4, 0.5) is 0 Å². The quantitative estimate of drug-likeness (QED) is 0.641. The van der Waals surface area contributed by atoms with Gasteiger partial charge in [0.1, 0.15) is 0 Å². The van der Waals surface area contributed by atoms with Crippen LogP contribution in [0.2, 0.25) is 0 Å². The lowest BCUT2D eigenvalue weighted by atomic mass is 10.0. The van der Waals surface area contributed by atoms with E-state index in [0.717, 1.165) is 0 Å². The van der Waals surface area contributed by atoms with Gasteiger partial charge in [0, 0.05) is 0 Å². The van der Waals surface area contributed by atoms with Gasteiger partial charge in [-0.25, -0.2) is 0 Å². The summed E-state index contributed by atoms with van der Waals surface area (Å²) < 4.78 is 0. The van der Waals surface area contributed by atoms with Crippen LogP contribution in [0.15, 0.2) is 54.6 Å².